The van der Waals surface area contributed by atoms with E-state index < -0.39 is 0 Å². The second-order valence-corrected chi connectivity index (χ2v) is 4.90. The van der Waals surface area contributed by atoms with Gasteiger partial charge in [-0.25, -0.2) is 4.79 Å². The Bertz CT molecular complexity index is 465. The fourth-order valence-electron chi connectivity index (χ4n) is 1.99. The highest BCUT2D eigenvalue weighted by Crippen LogP contribution is 2.19. The lowest BCUT2D eigenvalue weighted by Crippen LogP contribution is -2.32. The van der Waals surface area contributed by atoms with E-state index in [1.54, 1.807) is 0 Å². The predicted octanol–water partition coefficient (Wildman–Crippen LogP) is 3.27. The molecule has 0 spiro atoms. The summed E-state index contributed by atoms with van der Waals surface area (Å²) in [5, 5.41) is 2.90. The molecule has 0 aliphatic carbocycles. The number of nitrogens with one attached hydrogen (secondary N) is 1. The van der Waals surface area contributed by atoms with Crippen molar-refractivity contribution in [1.82, 2.24) is 4.90 Å². The van der Waals surface area contributed by atoms with Gasteiger partial charge in [0.2, 0.25) is 0 Å². The first-order valence-corrected chi connectivity index (χ1v) is 6.58. The van der Waals surface area contributed by atoms with Gasteiger partial charge in [0.1, 0.15) is 12.4 Å². The van der Waals surface area contributed by atoms with Crippen LogP contribution in [0.1, 0.15) is 19.8 Å². The average Bonchev–Trinajstić information content (AvgIpc) is 2.91. The lowest BCUT2D eigenvalue weighted by Gasteiger charge is -2.16. The molecule has 19 heavy (non-hydrogen) atoms. The lowest BCUT2D eigenvalue weighted by molar-refractivity contribution is 0.222. The van der Waals surface area contributed by atoms with E-state index in [4.69, 9.17) is 4.74 Å². The second-order valence-electron chi connectivity index (χ2n) is 4.90. The molecule has 0 radical (unpaired) electrons. The Balaban J connectivity index is 1.94. The van der Waals surface area contributed by atoms with Crippen LogP contribution in [0.4, 0.5) is 10.5 Å². The highest BCUT2D eigenvalue weighted by Gasteiger charge is 2.17. The van der Waals surface area contributed by atoms with Gasteiger partial charge in [0.15, 0.2) is 0 Å². The average molecular weight is 260 g/mol. The van der Waals surface area contributed by atoms with Crippen molar-refractivity contribution in [3.63, 3.8) is 0 Å². The van der Waals surface area contributed by atoms with Crippen LogP contribution in [0.25, 0.3) is 0 Å². The van der Waals surface area contributed by atoms with Crippen molar-refractivity contribution in [2.75, 3.05) is 25.0 Å². The minimum absolute atomic E-state index is 0.0328. The summed E-state index contributed by atoms with van der Waals surface area (Å²) in [6.45, 7) is 7.89. The number of likely N-dealkylation sites (tertiary alicyclic amines) is 1. The van der Waals surface area contributed by atoms with Gasteiger partial charge in [-0.1, -0.05) is 12.6 Å². The summed E-state index contributed by atoms with van der Waals surface area (Å²) in [4.78, 5) is 13.8. The van der Waals surface area contributed by atoms with Gasteiger partial charge in [0.05, 0.1) is 0 Å². The van der Waals surface area contributed by atoms with Crippen LogP contribution in [0.5, 0.6) is 5.75 Å². The minimum atomic E-state index is -0.0328. The number of carbonyl (C=O) groups is 1. The first kappa shape index (κ1) is 13.5. The maximum absolute atomic E-state index is 12.0. The number of hydrogen-bond acceptors (Lipinski definition) is 2. The molecule has 0 aromatic heterocycles. The molecule has 1 aromatic carbocycles. The Hall–Kier alpha value is -1.97. The third kappa shape index (κ3) is 4.02. The second kappa shape index (κ2) is 6.27. The molecule has 0 bridgehead atoms. The van der Waals surface area contributed by atoms with E-state index in [9.17, 15) is 4.79 Å². The van der Waals surface area contributed by atoms with E-state index >= 15 is 0 Å². The number of hydrogen-bond donors (Lipinski definition) is 1. The Morgan fingerprint density at radius 3 is 2.84 bits per heavy atom. The highest BCUT2D eigenvalue weighted by molar-refractivity contribution is 5.89. The fraction of sp³-hybridized carbons (Fsp3) is 0.400. The maximum atomic E-state index is 12.0. The van der Waals surface area contributed by atoms with Gasteiger partial charge in [-0.3, -0.25) is 0 Å². The topological polar surface area (TPSA) is 41.6 Å². The van der Waals surface area contributed by atoms with E-state index in [0.29, 0.717) is 6.61 Å². The normalized spacial score (nSPS) is 14.3. The number of amides is 2. The van der Waals surface area contributed by atoms with Crippen molar-refractivity contribution in [3.8, 4) is 5.75 Å². The molecule has 2 amide bonds. The Morgan fingerprint density at radius 1 is 1.42 bits per heavy atom. The van der Waals surface area contributed by atoms with Gasteiger partial charge in [0, 0.05) is 24.8 Å². The number of ether oxygens (including phenoxy) is 1. The molecule has 102 valence electrons. The largest absolute Gasteiger partial charge is 0.489 e. The summed E-state index contributed by atoms with van der Waals surface area (Å²) in [6, 6.07) is 7.40. The molecule has 1 N–H and O–H groups in total. The fourth-order valence-corrected chi connectivity index (χ4v) is 1.99. The van der Waals surface area contributed by atoms with Gasteiger partial charge in [-0.05, 0) is 37.5 Å². The number of benzene rings is 1. The number of urea groups is 1. The molecule has 0 saturated carbocycles. The first-order valence-electron chi connectivity index (χ1n) is 6.58. The lowest BCUT2D eigenvalue weighted by atomic mass is 10.3. The van der Waals surface area contributed by atoms with E-state index in [1.807, 2.05) is 36.1 Å². The van der Waals surface area contributed by atoms with Crippen molar-refractivity contribution in [3.05, 3.63) is 36.4 Å². The van der Waals surface area contributed by atoms with Gasteiger partial charge in [-0.2, -0.15) is 0 Å². The highest BCUT2D eigenvalue weighted by atomic mass is 16.5. The van der Waals surface area contributed by atoms with Crippen LogP contribution < -0.4 is 10.1 Å². The molecule has 4 nitrogen and oxygen atoms in total. The van der Waals surface area contributed by atoms with Crippen molar-refractivity contribution in [2.24, 2.45) is 0 Å². The predicted molar refractivity (Wildman–Crippen MR) is 76.6 cm³/mol. The van der Waals surface area contributed by atoms with Crippen LogP contribution in [0, 0.1) is 0 Å². The van der Waals surface area contributed by atoms with Crippen LogP contribution in [0.3, 0.4) is 0 Å². The maximum Gasteiger partial charge on any atom is 0.321 e. The third-order valence-corrected chi connectivity index (χ3v) is 2.96. The zero-order valence-corrected chi connectivity index (χ0v) is 11.3. The van der Waals surface area contributed by atoms with E-state index in [-0.39, 0.29) is 6.03 Å². The van der Waals surface area contributed by atoms with Crippen LogP contribution >= 0.6 is 0 Å². The smallest absolute Gasteiger partial charge is 0.321 e. The van der Waals surface area contributed by atoms with Crippen molar-refractivity contribution < 1.29 is 9.53 Å². The van der Waals surface area contributed by atoms with Crippen molar-refractivity contribution >= 4 is 11.7 Å². The van der Waals surface area contributed by atoms with Gasteiger partial charge in [0.25, 0.3) is 0 Å². The molecule has 2 rings (SSSR count). The molecule has 1 heterocycles. The zero-order chi connectivity index (χ0) is 13.7. The standard InChI is InChI=1S/C15H20N2O2/c1-12(2)11-19-14-7-5-6-13(10-14)16-15(18)17-8-3-4-9-17/h5-7,10H,1,3-4,8-9,11H2,2H3,(H,16,18). The van der Waals surface area contributed by atoms with Crippen molar-refractivity contribution in [2.45, 2.75) is 19.8 Å². The summed E-state index contributed by atoms with van der Waals surface area (Å²) >= 11 is 0. The molecule has 4 heteroatoms. The molecule has 1 saturated heterocycles. The summed E-state index contributed by atoms with van der Waals surface area (Å²) in [7, 11) is 0. The molecule has 1 aliphatic heterocycles. The van der Waals surface area contributed by atoms with Crippen molar-refractivity contribution in [1.29, 1.82) is 0 Å². The Labute approximate surface area is 114 Å². The first-order chi connectivity index (χ1) is 9.15. The SMILES string of the molecule is C=C(C)COc1cccc(NC(=O)N2CCCC2)c1. The summed E-state index contributed by atoms with van der Waals surface area (Å²) in [5.41, 5.74) is 1.72. The summed E-state index contributed by atoms with van der Waals surface area (Å²) in [5.74, 6) is 0.738. The molecular weight excluding hydrogens is 240 g/mol. The van der Waals surface area contributed by atoms with Crippen LogP contribution in [0.15, 0.2) is 36.4 Å². The zero-order valence-electron chi connectivity index (χ0n) is 11.3. The number of carbonyl (C=O) groups excluding carboxylic acids is 1. The number of nitrogens with zero attached hydrogens (tertiary/aromatic N) is 1. The summed E-state index contributed by atoms with van der Waals surface area (Å²) in [6.07, 6.45) is 2.18. The monoisotopic (exact) mass is 260 g/mol. The van der Waals surface area contributed by atoms with E-state index in [2.05, 4.69) is 11.9 Å². The molecule has 1 aromatic rings. The Kier molecular flexibility index (Phi) is 4.44. The van der Waals surface area contributed by atoms with Crippen LogP contribution in [0.2, 0.25) is 0 Å². The van der Waals surface area contributed by atoms with Gasteiger partial charge in [-0.15, -0.1) is 0 Å². The Morgan fingerprint density at radius 2 is 2.16 bits per heavy atom. The van der Waals surface area contributed by atoms with Crippen LogP contribution in [-0.2, 0) is 0 Å². The third-order valence-electron chi connectivity index (χ3n) is 2.96. The molecule has 1 aliphatic rings. The quantitative estimate of drug-likeness (QED) is 0.844. The van der Waals surface area contributed by atoms with E-state index in [0.717, 1.165) is 42.9 Å². The number of anilines is 1. The van der Waals surface area contributed by atoms with Gasteiger partial charge < -0.3 is 15.0 Å². The van der Waals surface area contributed by atoms with Gasteiger partial charge >= 0.3 is 6.03 Å². The minimum Gasteiger partial charge on any atom is -0.489 e. The summed E-state index contributed by atoms with van der Waals surface area (Å²) < 4.78 is 5.55. The van der Waals surface area contributed by atoms with Crippen LogP contribution in [-0.4, -0.2) is 30.6 Å². The van der Waals surface area contributed by atoms with E-state index in [1.165, 1.54) is 0 Å². The molecular formula is C15H20N2O2. The molecule has 0 atom stereocenters. The molecule has 1 fully saturated rings. The number of rotatable bonds is 4. The molecule has 0 unspecified atom stereocenters.